The molecule has 5 nitrogen and oxygen atoms in total. The lowest BCUT2D eigenvalue weighted by molar-refractivity contribution is 0.133. The predicted molar refractivity (Wildman–Crippen MR) is 86.9 cm³/mol. The van der Waals surface area contributed by atoms with Crippen LogP contribution in [0.4, 0.5) is 0 Å². The van der Waals surface area contributed by atoms with Crippen molar-refractivity contribution in [2.24, 2.45) is 0 Å². The fourth-order valence-corrected chi connectivity index (χ4v) is 3.28. The predicted octanol–water partition coefficient (Wildman–Crippen LogP) is 2.50. The van der Waals surface area contributed by atoms with E-state index in [4.69, 9.17) is 4.74 Å². The van der Waals surface area contributed by atoms with Crippen molar-refractivity contribution < 1.29 is 4.74 Å². The zero-order valence-electron chi connectivity index (χ0n) is 13.1. The first kappa shape index (κ1) is 16.8. The number of nitrogens with zero attached hydrogens (tertiary/aromatic N) is 3. The topological polar surface area (TPSA) is 52.0 Å². The first-order chi connectivity index (χ1) is 10.4. The first-order valence-electron chi connectivity index (χ1n) is 8.25. The fraction of sp³-hybridized carbons (Fsp3) is 0.867. The molecular formula is C15H28N4OS. The zero-order chi connectivity index (χ0) is 14.8. The van der Waals surface area contributed by atoms with Crippen molar-refractivity contribution in [1.82, 2.24) is 20.1 Å². The summed E-state index contributed by atoms with van der Waals surface area (Å²) in [5.74, 6) is 2.21. The summed E-state index contributed by atoms with van der Waals surface area (Å²) >= 11 is 1.81. The third-order valence-electron chi connectivity index (χ3n) is 3.65. The second-order valence-corrected chi connectivity index (χ2v) is 6.49. The lowest BCUT2D eigenvalue weighted by Gasteiger charge is -2.07. The highest BCUT2D eigenvalue weighted by molar-refractivity contribution is 7.99. The minimum atomic E-state index is 0.811. The summed E-state index contributed by atoms with van der Waals surface area (Å²) in [4.78, 5) is 0. The van der Waals surface area contributed by atoms with Gasteiger partial charge < -0.3 is 14.6 Å². The molecule has 2 rings (SSSR count). The van der Waals surface area contributed by atoms with Crippen LogP contribution >= 0.6 is 11.8 Å². The Bertz CT molecular complexity index is 397. The summed E-state index contributed by atoms with van der Waals surface area (Å²) in [5.41, 5.74) is 0. The molecule has 0 saturated carbocycles. The Kier molecular flexibility index (Phi) is 8.14. The summed E-state index contributed by atoms with van der Waals surface area (Å²) < 4.78 is 7.83. The van der Waals surface area contributed by atoms with Crippen LogP contribution in [0.2, 0.25) is 0 Å². The van der Waals surface area contributed by atoms with Crippen molar-refractivity contribution in [2.45, 2.75) is 57.1 Å². The molecule has 2 heterocycles. The fourth-order valence-electron chi connectivity index (χ4n) is 2.40. The van der Waals surface area contributed by atoms with E-state index in [1.54, 1.807) is 0 Å². The normalized spacial score (nSPS) is 14.9. The number of aromatic nitrogens is 3. The van der Waals surface area contributed by atoms with E-state index in [0.717, 1.165) is 56.6 Å². The van der Waals surface area contributed by atoms with E-state index in [0.29, 0.717) is 0 Å². The summed E-state index contributed by atoms with van der Waals surface area (Å²) in [7, 11) is 0. The first-order valence-corrected chi connectivity index (χ1v) is 9.23. The van der Waals surface area contributed by atoms with Gasteiger partial charge in [-0.1, -0.05) is 31.5 Å². The van der Waals surface area contributed by atoms with E-state index < -0.39 is 0 Å². The summed E-state index contributed by atoms with van der Waals surface area (Å²) in [5, 5.41) is 13.2. The van der Waals surface area contributed by atoms with Crippen LogP contribution < -0.4 is 5.32 Å². The number of hydrogen-bond donors (Lipinski definition) is 1. The smallest absolute Gasteiger partial charge is 0.191 e. The Labute approximate surface area is 132 Å². The standard InChI is InChI=1S/C15H28N4OS/c1-2-3-11-20-12-8-16-9-13-21-15-18-17-14-7-5-4-6-10-19(14)15/h16H,2-13H2,1H3. The molecule has 1 aromatic rings. The molecule has 120 valence electrons. The summed E-state index contributed by atoms with van der Waals surface area (Å²) in [6, 6.07) is 0. The Morgan fingerprint density at radius 3 is 3.05 bits per heavy atom. The second kappa shape index (κ2) is 10.2. The van der Waals surface area contributed by atoms with E-state index in [1.807, 2.05) is 11.8 Å². The van der Waals surface area contributed by atoms with Gasteiger partial charge in [0.05, 0.1) is 6.61 Å². The average Bonchev–Trinajstić information content (AvgIpc) is 2.73. The van der Waals surface area contributed by atoms with Gasteiger partial charge in [0.2, 0.25) is 0 Å². The highest BCUT2D eigenvalue weighted by atomic mass is 32.2. The van der Waals surface area contributed by atoms with Gasteiger partial charge >= 0.3 is 0 Å². The number of aryl methyl sites for hydroxylation is 1. The Morgan fingerprint density at radius 2 is 2.14 bits per heavy atom. The summed E-state index contributed by atoms with van der Waals surface area (Å²) in [6.45, 7) is 6.89. The summed E-state index contributed by atoms with van der Waals surface area (Å²) in [6.07, 6.45) is 7.27. The molecule has 1 aliphatic rings. The lowest BCUT2D eigenvalue weighted by Crippen LogP contribution is -2.22. The molecular weight excluding hydrogens is 284 g/mol. The van der Waals surface area contributed by atoms with Crippen LogP contribution in [-0.4, -0.2) is 46.8 Å². The average molecular weight is 312 g/mol. The molecule has 0 atom stereocenters. The number of rotatable bonds is 10. The molecule has 1 aliphatic heterocycles. The molecule has 1 aromatic heterocycles. The third-order valence-corrected chi connectivity index (χ3v) is 4.62. The Balaban J connectivity index is 1.56. The molecule has 0 saturated heterocycles. The SMILES string of the molecule is CCCCOCCNCCSc1nnc2n1CCCCC2. The zero-order valence-corrected chi connectivity index (χ0v) is 14.0. The molecule has 0 radical (unpaired) electrons. The van der Waals surface area contributed by atoms with E-state index in [1.165, 1.54) is 31.5 Å². The maximum absolute atomic E-state index is 5.52. The van der Waals surface area contributed by atoms with Gasteiger partial charge in [0.1, 0.15) is 5.82 Å². The number of hydrogen-bond acceptors (Lipinski definition) is 5. The number of nitrogens with one attached hydrogen (secondary N) is 1. The van der Waals surface area contributed by atoms with Gasteiger partial charge in [0.15, 0.2) is 5.16 Å². The monoisotopic (exact) mass is 312 g/mol. The van der Waals surface area contributed by atoms with Gasteiger partial charge in [-0.3, -0.25) is 0 Å². The van der Waals surface area contributed by atoms with Crippen LogP contribution in [0.25, 0.3) is 0 Å². The minimum Gasteiger partial charge on any atom is -0.380 e. The molecule has 0 bridgehead atoms. The van der Waals surface area contributed by atoms with Crippen molar-refractivity contribution in [1.29, 1.82) is 0 Å². The van der Waals surface area contributed by atoms with Crippen molar-refractivity contribution in [3.05, 3.63) is 5.82 Å². The Morgan fingerprint density at radius 1 is 1.19 bits per heavy atom. The maximum Gasteiger partial charge on any atom is 0.191 e. The van der Waals surface area contributed by atoms with E-state index in [9.17, 15) is 0 Å². The molecule has 0 spiro atoms. The van der Waals surface area contributed by atoms with Crippen LogP contribution in [0.3, 0.4) is 0 Å². The molecule has 0 aromatic carbocycles. The molecule has 0 aliphatic carbocycles. The molecule has 1 N–H and O–H groups in total. The van der Waals surface area contributed by atoms with Crippen molar-refractivity contribution in [3.8, 4) is 0 Å². The van der Waals surface area contributed by atoms with Crippen LogP contribution in [0.5, 0.6) is 0 Å². The lowest BCUT2D eigenvalue weighted by atomic mass is 10.2. The van der Waals surface area contributed by atoms with Crippen molar-refractivity contribution in [3.63, 3.8) is 0 Å². The van der Waals surface area contributed by atoms with Gasteiger partial charge in [0, 0.05) is 38.4 Å². The molecule has 0 fully saturated rings. The maximum atomic E-state index is 5.52. The van der Waals surface area contributed by atoms with Gasteiger partial charge in [0.25, 0.3) is 0 Å². The number of fused-ring (bicyclic) bond motifs is 1. The third kappa shape index (κ3) is 5.96. The molecule has 0 unspecified atom stereocenters. The van der Waals surface area contributed by atoms with Crippen LogP contribution in [0.15, 0.2) is 5.16 Å². The Hall–Kier alpha value is -0.590. The van der Waals surface area contributed by atoms with Crippen molar-refractivity contribution in [2.75, 3.05) is 32.1 Å². The van der Waals surface area contributed by atoms with Crippen LogP contribution in [-0.2, 0) is 17.7 Å². The largest absolute Gasteiger partial charge is 0.380 e. The van der Waals surface area contributed by atoms with Gasteiger partial charge in [-0.05, 0) is 19.3 Å². The quantitative estimate of drug-likeness (QED) is 0.531. The second-order valence-electron chi connectivity index (χ2n) is 5.43. The van der Waals surface area contributed by atoms with Gasteiger partial charge in [-0.2, -0.15) is 0 Å². The van der Waals surface area contributed by atoms with Gasteiger partial charge in [-0.15, -0.1) is 10.2 Å². The number of thioether (sulfide) groups is 1. The minimum absolute atomic E-state index is 0.811. The number of unbranched alkanes of at least 4 members (excludes halogenated alkanes) is 1. The molecule has 6 heteroatoms. The van der Waals surface area contributed by atoms with Crippen LogP contribution in [0.1, 0.15) is 44.9 Å². The highest BCUT2D eigenvalue weighted by Crippen LogP contribution is 2.21. The van der Waals surface area contributed by atoms with Crippen molar-refractivity contribution >= 4 is 11.8 Å². The van der Waals surface area contributed by atoms with E-state index in [-0.39, 0.29) is 0 Å². The molecule has 0 amide bonds. The molecule has 21 heavy (non-hydrogen) atoms. The van der Waals surface area contributed by atoms with Crippen LogP contribution in [0, 0.1) is 0 Å². The number of ether oxygens (including phenoxy) is 1. The van der Waals surface area contributed by atoms with E-state index >= 15 is 0 Å². The highest BCUT2D eigenvalue weighted by Gasteiger charge is 2.14. The van der Waals surface area contributed by atoms with Gasteiger partial charge in [-0.25, -0.2) is 0 Å². The van der Waals surface area contributed by atoms with E-state index in [2.05, 4.69) is 27.0 Å².